The van der Waals surface area contributed by atoms with Crippen molar-refractivity contribution in [2.75, 3.05) is 17.6 Å². The number of aromatic nitrogens is 1. The maximum absolute atomic E-state index is 14.4. The van der Waals surface area contributed by atoms with Gasteiger partial charge in [-0.05, 0) is 62.6 Å². The first-order valence-electron chi connectivity index (χ1n) is 18.0. The van der Waals surface area contributed by atoms with Gasteiger partial charge in [0, 0.05) is 29.5 Å². The Kier molecular flexibility index (Phi) is 12.5. The van der Waals surface area contributed by atoms with Crippen LogP contribution in [0.1, 0.15) is 80.7 Å². The molecule has 0 spiro atoms. The maximum atomic E-state index is 14.4. The van der Waals surface area contributed by atoms with Crippen LogP contribution in [0.4, 0.5) is 15.3 Å². The monoisotopic (exact) mass is 802 g/mol. The molecule has 1 aliphatic heterocycles. The fourth-order valence-corrected chi connectivity index (χ4v) is 8.74. The Bertz CT molecular complexity index is 1910. The second-order valence-corrected chi connectivity index (χ2v) is 20.1. The van der Waals surface area contributed by atoms with Gasteiger partial charge in [0.05, 0.1) is 18.0 Å². The summed E-state index contributed by atoms with van der Waals surface area (Å²) < 4.78 is 39.2. The number of hydrogen-bond donors (Lipinski definition) is 4. The van der Waals surface area contributed by atoms with Crippen molar-refractivity contribution in [3.8, 4) is 10.6 Å². The number of likely N-dealkylation sites (tertiary alicyclic amines) is 1. The van der Waals surface area contributed by atoms with Crippen LogP contribution in [0.2, 0.25) is 0 Å². The lowest BCUT2D eigenvalue weighted by atomic mass is 9.85. The number of hydrogen-bond acceptors (Lipinski definition) is 11. The first kappa shape index (κ1) is 43.2. The number of benzene rings is 1. The number of carbonyl (C=O) groups excluding carboxylic acids is 5. The third-order valence-electron chi connectivity index (χ3n) is 8.89. The third kappa shape index (κ3) is 11.3. The second-order valence-electron chi connectivity index (χ2n) is 17.5. The predicted molar refractivity (Wildman–Crippen MR) is 209 cm³/mol. The third-order valence-corrected chi connectivity index (χ3v) is 11.4. The number of ether oxygens (including phenoxy) is 2. The molecular weight excluding hydrogens is 749 g/mol. The minimum atomic E-state index is -4.08. The molecule has 1 unspecified atom stereocenters. The molecule has 2 fully saturated rings. The van der Waals surface area contributed by atoms with Crippen LogP contribution >= 0.6 is 11.3 Å². The van der Waals surface area contributed by atoms with Gasteiger partial charge < -0.3 is 25.0 Å². The van der Waals surface area contributed by atoms with E-state index in [0.29, 0.717) is 16.3 Å². The molecule has 1 aromatic carbocycles. The minimum absolute atomic E-state index is 0.0743. The van der Waals surface area contributed by atoms with Crippen LogP contribution in [0.25, 0.3) is 10.6 Å². The Balaban J connectivity index is 1.63. The standard InChI is InChI=1S/C38H54N6O9S2/c1-12-23-19-38(23,32(47)43-55(50,51)21-35(3,4)5)42-29(45)27-18-24(20-44(27)31(46)28(36(6,7)8)41-34(49)53-37(9,10)11)52-33(48)40-26-17-22(2)13-14-25(26)30-39-15-16-54-30/h12-17,23-24,27-28H,1,18-21H2,2-11H3,(H,40,48)(H,41,49)(H,42,45)(H,43,47)/t23?,24-,27+,28-,38-/m1/s1. The molecule has 2 aromatic rings. The number of rotatable bonds is 11. The molecule has 1 aliphatic carbocycles. The van der Waals surface area contributed by atoms with E-state index in [2.05, 4.69) is 32.2 Å². The molecule has 17 heteroatoms. The topological polar surface area (TPSA) is 202 Å². The molecule has 4 rings (SSSR count). The molecule has 1 aromatic heterocycles. The summed E-state index contributed by atoms with van der Waals surface area (Å²) in [7, 11) is -4.08. The Hall–Kier alpha value is -4.51. The van der Waals surface area contributed by atoms with Gasteiger partial charge in [-0.15, -0.1) is 17.9 Å². The first-order valence-corrected chi connectivity index (χ1v) is 20.5. The van der Waals surface area contributed by atoms with E-state index in [-0.39, 0.29) is 25.1 Å². The molecule has 2 aliphatic rings. The lowest BCUT2D eigenvalue weighted by Gasteiger charge is -2.36. The van der Waals surface area contributed by atoms with Gasteiger partial charge >= 0.3 is 12.2 Å². The number of sulfonamides is 1. The Morgan fingerprint density at radius 1 is 1.07 bits per heavy atom. The van der Waals surface area contributed by atoms with E-state index >= 15 is 0 Å². The summed E-state index contributed by atoms with van der Waals surface area (Å²) in [6.07, 6.45) is 0.329. The van der Waals surface area contributed by atoms with Gasteiger partial charge in [-0.2, -0.15) is 0 Å². The van der Waals surface area contributed by atoms with Gasteiger partial charge in [0.25, 0.3) is 5.91 Å². The highest BCUT2D eigenvalue weighted by Gasteiger charge is 2.61. The van der Waals surface area contributed by atoms with Crippen molar-refractivity contribution in [2.45, 2.75) is 111 Å². The lowest BCUT2D eigenvalue weighted by Crippen LogP contribution is -2.60. The highest BCUT2D eigenvalue weighted by Crippen LogP contribution is 2.45. The van der Waals surface area contributed by atoms with Gasteiger partial charge in [0.1, 0.15) is 34.3 Å². The van der Waals surface area contributed by atoms with Gasteiger partial charge in [0.2, 0.25) is 21.8 Å². The van der Waals surface area contributed by atoms with E-state index in [0.717, 1.165) is 5.56 Å². The van der Waals surface area contributed by atoms with Crippen LogP contribution in [0.3, 0.4) is 0 Å². The predicted octanol–water partition coefficient (Wildman–Crippen LogP) is 5.13. The minimum Gasteiger partial charge on any atom is -0.444 e. The molecule has 5 amide bonds. The summed E-state index contributed by atoms with van der Waals surface area (Å²) in [5.74, 6) is -3.29. The largest absolute Gasteiger partial charge is 0.444 e. The average Bonchev–Trinajstić information content (AvgIpc) is 3.31. The van der Waals surface area contributed by atoms with Gasteiger partial charge in [0.15, 0.2) is 0 Å². The number of anilines is 1. The summed E-state index contributed by atoms with van der Waals surface area (Å²) in [6.45, 7) is 20.8. The molecule has 302 valence electrons. The number of thiazole rings is 1. The highest BCUT2D eigenvalue weighted by atomic mass is 32.2. The SMILES string of the molecule is C=CC1C[C@]1(NC(=O)[C@@H]1C[C@@H](OC(=O)Nc2cc(C)ccc2-c2nccs2)CN1C(=O)[C@@H](NC(=O)OC(C)(C)C)C(C)(C)C)C(=O)NS(=O)(=O)CC(C)(C)C. The van der Waals surface area contributed by atoms with E-state index in [1.165, 1.54) is 22.3 Å². The van der Waals surface area contributed by atoms with Crippen LogP contribution in [-0.4, -0.2) is 89.8 Å². The Morgan fingerprint density at radius 2 is 1.75 bits per heavy atom. The molecule has 1 saturated heterocycles. The molecular formula is C38H54N6O9S2. The molecule has 5 atom stereocenters. The number of alkyl carbamates (subject to hydrolysis) is 1. The van der Waals surface area contributed by atoms with Crippen molar-refractivity contribution in [1.29, 1.82) is 0 Å². The zero-order valence-electron chi connectivity index (χ0n) is 33.2. The van der Waals surface area contributed by atoms with Crippen LogP contribution in [-0.2, 0) is 33.9 Å². The fourth-order valence-electron chi connectivity index (χ4n) is 6.39. The van der Waals surface area contributed by atoms with E-state index < -0.39 is 86.0 Å². The summed E-state index contributed by atoms with van der Waals surface area (Å²) >= 11 is 1.39. The van der Waals surface area contributed by atoms with Crippen molar-refractivity contribution in [1.82, 2.24) is 25.2 Å². The zero-order valence-corrected chi connectivity index (χ0v) is 34.8. The first-order chi connectivity index (χ1) is 25.2. The molecule has 4 N–H and O–H groups in total. The highest BCUT2D eigenvalue weighted by molar-refractivity contribution is 7.90. The molecule has 2 heterocycles. The number of amides is 5. The molecule has 1 saturated carbocycles. The number of nitrogens with one attached hydrogen (secondary N) is 4. The Labute approximate surface area is 327 Å². The zero-order chi connectivity index (χ0) is 41.3. The average molecular weight is 803 g/mol. The molecule has 0 radical (unpaired) electrons. The lowest BCUT2D eigenvalue weighted by molar-refractivity contribution is -0.143. The van der Waals surface area contributed by atoms with Gasteiger partial charge in [-0.25, -0.2) is 23.0 Å². The van der Waals surface area contributed by atoms with E-state index in [4.69, 9.17) is 9.47 Å². The van der Waals surface area contributed by atoms with Gasteiger partial charge in [-0.1, -0.05) is 53.7 Å². The van der Waals surface area contributed by atoms with Gasteiger partial charge in [-0.3, -0.25) is 24.4 Å². The van der Waals surface area contributed by atoms with E-state index in [1.54, 1.807) is 74.6 Å². The number of nitrogens with zero attached hydrogens (tertiary/aromatic N) is 2. The van der Waals surface area contributed by atoms with Crippen LogP contribution < -0.4 is 20.7 Å². The fraction of sp³-hybridized carbons (Fsp3) is 0.579. The summed E-state index contributed by atoms with van der Waals surface area (Å²) in [5, 5.41) is 10.6. The molecule has 15 nitrogen and oxygen atoms in total. The van der Waals surface area contributed by atoms with Crippen molar-refractivity contribution >= 4 is 57.0 Å². The van der Waals surface area contributed by atoms with Crippen LogP contribution in [0, 0.1) is 23.7 Å². The van der Waals surface area contributed by atoms with E-state index in [9.17, 15) is 32.4 Å². The number of carbonyl (C=O) groups is 5. The Morgan fingerprint density at radius 3 is 2.29 bits per heavy atom. The quantitative estimate of drug-likeness (QED) is 0.221. The summed E-state index contributed by atoms with van der Waals surface area (Å²) in [6, 6.07) is 3.01. The molecule has 0 bridgehead atoms. The van der Waals surface area contributed by atoms with Crippen molar-refractivity contribution in [2.24, 2.45) is 16.7 Å². The smallest absolute Gasteiger partial charge is 0.411 e. The molecule has 55 heavy (non-hydrogen) atoms. The van der Waals surface area contributed by atoms with Crippen LogP contribution in [0.5, 0.6) is 0 Å². The van der Waals surface area contributed by atoms with Crippen LogP contribution in [0.15, 0.2) is 42.4 Å². The summed E-state index contributed by atoms with van der Waals surface area (Å²) in [4.78, 5) is 74.2. The van der Waals surface area contributed by atoms with E-state index in [1.807, 2.05) is 24.4 Å². The normalized spacial score (nSPS) is 21.9. The van der Waals surface area contributed by atoms with Crippen molar-refractivity contribution in [3.63, 3.8) is 0 Å². The maximum Gasteiger partial charge on any atom is 0.411 e. The summed E-state index contributed by atoms with van der Waals surface area (Å²) in [5.41, 5.74) is -2.05. The second kappa shape index (κ2) is 15.9. The van der Waals surface area contributed by atoms with Crippen molar-refractivity contribution in [3.05, 3.63) is 48.0 Å². The van der Waals surface area contributed by atoms with Crippen molar-refractivity contribution < 1.29 is 41.9 Å². The number of aryl methyl sites for hydroxylation is 1.